The van der Waals surface area contributed by atoms with E-state index in [1.807, 2.05) is 0 Å². The standard InChI is InChI=1S/C15H19N3O/c1-9-6-10(2)14(11(3)7-9)15-18-17-13(19-15)8-16-12-4-5-12/h6-7,12,16H,4-5,8H2,1-3H3. The molecule has 4 heteroatoms. The van der Waals surface area contributed by atoms with Gasteiger partial charge < -0.3 is 9.73 Å². The molecule has 1 saturated carbocycles. The highest BCUT2D eigenvalue weighted by Gasteiger charge is 2.21. The lowest BCUT2D eigenvalue weighted by atomic mass is 10.00. The van der Waals surface area contributed by atoms with E-state index in [4.69, 9.17) is 4.42 Å². The van der Waals surface area contributed by atoms with E-state index in [0.29, 0.717) is 24.4 Å². The average Bonchev–Trinajstić information content (AvgIpc) is 3.05. The van der Waals surface area contributed by atoms with Gasteiger partial charge in [-0.25, -0.2) is 0 Å². The van der Waals surface area contributed by atoms with E-state index in [2.05, 4.69) is 48.4 Å². The maximum absolute atomic E-state index is 5.76. The average molecular weight is 257 g/mol. The van der Waals surface area contributed by atoms with E-state index < -0.39 is 0 Å². The second kappa shape index (κ2) is 4.78. The lowest BCUT2D eigenvalue weighted by Gasteiger charge is -2.07. The molecule has 0 bridgehead atoms. The fourth-order valence-corrected chi connectivity index (χ4v) is 2.46. The van der Waals surface area contributed by atoms with Gasteiger partial charge in [0.15, 0.2) is 0 Å². The summed E-state index contributed by atoms with van der Waals surface area (Å²) < 4.78 is 5.76. The number of aromatic nitrogens is 2. The number of rotatable bonds is 4. The Hall–Kier alpha value is -1.68. The predicted octanol–water partition coefficient (Wildman–Crippen LogP) is 2.91. The molecule has 0 radical (unpaired) electrons. The molecule has 100 valence electrons. The number of nitrogens with zero attached hydrogens (tertiary/aromatic N) is 2. The summed E-state index contributed by atoms with van der Waals surface area (Å²) in [6.45, 7) is 6.94. The van der Waals surface area contributed by atoms with Crippen molar-refractivity contribution in [1.29, 1.82) is 0 Å². The molecule has 0 atom stereocenters. The van der Waals surface area contributed by atoms with Gasteiger partial charge >= 0.3 is 0 Å². The Balaban J connectivity index is 1.85. The van der Waals surface area contributed by atoms with Crippen molar-refractivity contribution in [2.75, 3.05) is 0 Å². The van der Waals surface area contributed by atoms with Crippen LogP contribution in [0.1, 0.15) is 35.4 Å². The molecule has 0 amide bonds. The third-order valence-corrected chi connectivity index (χ3v) is 3.48. The summed E-state index contributed by atoms with van der Waals surface area (Å²) in [6.07, 6.45) is 2.52. The van der Waals surface area contributed by atoms with E-state index in [9.17, 15) is 0 Å². The summed E-state index contributed by atoms with van der Waals surface area (Å²) in [6, 6.07) is 4.95. The van der Waals surface area contributed by atoms with Crippen LogP contribution in [0.25, 0.3) is 11.5 Å². The lowest BCUT2D eigenvalue weighted by molar-refractivity contribution is 0.476. The Morgan fingerprint density at radius 2 is 1.84 bits per heavy atom. The first-order chi connectivity index (χ1) is 9.13. The highest BCUT2D eigenvalue weighted by atomic mass is 16.4. The summed E-state index contributed by atoms with van der Waals surface area (Å²) in [4.78, 5) is 0. The molecule has 0 spiro atoms. The normalized spacial score (nSPS) is 14.9. The van der Waals surface area contributed by atoms with Crippen molar-refractivity contribution in [3.63, 3.8) is 0 Å². The second-order valence-electron chi connectivity index (χ2n) is 5.43. The Morgan fingerprint density at radius 3 is 2.47 bits per heavy atom. The van der Waals surface area contributed by atoms with Gasteiger partial charge in [0.1, 0.15) is 0 Å². The van der Waals surface area contributed by atoms with Crippen LogP contribution >= 0.6 is 0 Å². The largest absolute Gasteiger partial charge is 0.419 e. The SMILES string of the molecule is Cc1cc(C)c(-c2nnc(CNC3CC3)o2)c(C)c1. The summed E-state index contributed by atoms with van der Waals surface area (Å²) in [5, 5.41) is 11.7. The van der Waals surface area contributed by atoms with Gasteiger partial charge in [-0.05, 0) is 44.7 Å². The maximum Gasteiger partial charge on any atom is 0.248 e. The number of hydrogen-bond acceptors (Lipinski definition) is 4. The van der Waals surface area contributed by atoms with E-state index >= 15 is 0 Å². The highest BCUT2D eigenvalue weighted by Crippen LogP contribution is 2.27. The third kappa shape index (κ3) is 2.68. The van der Waals surface area contributed by atoms with Gasteiger partial charge in [0.2, 0.25) is 11.8 Å². The molecule has 0 unspecified atom stereocenters. The molecule has 1 aliphatic carbocycles. The van der Waals surface area contributed by atoms with Crippen molar-refractivity contribution in [3.8, 4) is 11.5 Å². The maximum atomic E-state index is 5.76. The predicted molar refractivity (Wildman–Crippen MR) is 73.8 cm³/mol. The molecule has 1 aliphatic rings. The van der Waals surface area contributed by atoms with Crippen LogP contribution < -0.4 is 5.32 Å². The van der Waals surface area contributed by atoms with E-state index in [1.54, 1.807) is 0 Å². The van der Waals surface area contributed by atoms with Crippen molar-refractivity contribution in [2.45, 2.75) is 46.2 Å². The van der Waals surface area contributed by atoms with Crippen LogP contribution in [0.3, 0.4) is 0 Å². The van der Waals surface area contributed by atoms with Gasteiger partial charge in [-0.3, -0.25) is 0 Å². The summed E-state index contributed by atoms with van der Waals surface area (Å²) in [7, 11) is 0. The fourth-order valence-electron chi connectivity index (χ4n) is 2.46. The second-order valence-corrected chi connectivity index (χ2v) is 5.43. The Kier molecular flexibility index (Phi) is 3.11. The summed E-state index contributed by atoms with van der Waals surface area (Å²) >= 11 is 0. The Labute approximate surface area is 113 Å². The van der Waals surface area contributed by atoms with Crippen molar-refractivity contribution in [2.24, 2.45) is 0 Å². The zero-order valence-corrected chi connectivity index (χ0v) is 11.7. The van der Waals surface area contributed by atoms with Crippen molar-refractivity contribution < 1.29 is 4.42 Å². The van der Waals surface area contributed by atoms with Crippen molar-refractivity contribution in [3.05, 3.63) is 34.7 Å². The van der Waals surface area contributed by atoms with Crippen LogP contribution in [-0.4, -0.2) is 16.2 Å². The first-order valence-corrected chi connectivity index (χ1v) is 6.77. The third-order valence-electron chi connectivity index (χ3n) is 3.48. The van der Waals surface area contributed by atoms with Crippen LogP contribution in [0.15, 0.2) is 16.5 Å². The number of aryl methyl sites for hydroxylation is 3. The highest BCUT2D eigenvalue weighted by molar-refractivity contribution is 5.63. The zero-order valence-electron chi connectivity index (χ0n) is 11.7. The van der Waals surface area contributed by atoms with Crippen molar-refractivity contribution >= 4 is 0 Å². The molecule has 3 rings (SSSR count). The fraction of sp³-hybridized carbons (Fsp3) is 0.467. The number of nitrogens with one attached hydrogen (secondary N) is 1. The molecule has 2 aromatic rings. The van der Waals surface area contributed by atoms with Gasteiger partial charge in [0, 0.05) is 11.6 Å². The van der Waals surface area contributed by atoms with Gasteiger partial charge in [-0.1, -0.05) is 17.7 Å². The minimum absolute atomic E-state index is 0.627. The van der Waals surface area contributed by atoms with Gasteiger partial charge in [-0.2, -0.15) is 0 Å². The first kappa shape index (κ1) is 12.4. The number of hydrogen-bond donors (Lipinski definition) is 1. The Bertz CT molecular complexity index is 576. The first-order valence-electron chi connectivity index (χ1n) is 6.77. The van der Waals surface area contributed by atoms with E-state index in [-0.39, 0.29) is 0 Å². The molecule has 1 fully saturated rings. The quantitative estimate of drug-likeness (QED) is 0.915. The molecule has 4 nitrogen and oxygen atoms in total. The van der Waals surface area contributed by atoms with Crippen LogP contribution in [0.2, 0.25) is 0 Å². The van der Waals surface area contributed by atoms with E-state index in [0.717, 1.165) is 5.56 Å². The molecule has 1 heterocycles. The van der Waals surface area contributed by atoms with Gasteiger partial charge in [-0.15, -0.1) is 10.2 Å². The monoisotopic (exact) mass is 257 g/mol. The van der Waals surface area contributed by atoms with Crippen LogP contribution in [0, 0.1) is 20.8 Å². The van der Waals surface area contributed by atoms with Gasteiger partial charge in [0.05, 0.1) is 6.54 Å². The minimum Gasteiger partial charge on any atom is -0.419 e. The Morgan fingerprint density at radius 1 is 1.16 bits per heavy atom. The molecule has 1 aromatic heterocycles. The van der Waals surface area contributed by atoms with E-state index in [1.165, 1.54) is 29.5 Å². The smallest absolute Gasteiger partial charge is 0.248 e. The molecule has 0 saturated heterocycles. The van der Waals surface area contributed by atoms with Crippen LogP contribution in [0.4, 0.5) is 0 Å². The van der Waals surface area contributed by atoms with Crippen LogP contribution in [-0.2, 0) is 6.54 Å². The molecule has 1 aromatic carbocycles. The molecule has 0 aliphatic heterocycles. The molecular formula is C15H19N3O. The van der Waals surface area contributed by atoms with Gasteiger partial charge in [0.25, 0.3) is 0 Å². The van der Waals surface area contributed by atoms with Crippen LogP contribution in [0.5, 0.6) is 0 Å². The summed E-state index contributed by atoms with van der Waals surface area (Å²) in [5.74, 6) is 1.30. The molecule has 1 N–H and O–H groups in total. The molecule has 19 heavy (non-hydrogen) atoms. The summed E-state index contributed by atoms with van der Waals surface area (Å²) in [5.41, 5.74) is 4.69. The molecular weight excluding hydrogens is 238 g/mol. The zero-order chi connectivity index (χ0) is 13.4. The lowest BCUT2D eigenvalue weighted by Crippen LogP contribution is -2.15. The minimum atomic E-state index is 0.627. The number of benzene rings is 1. The topological polar surface area (TPSA) is 51.0 Å². The van der Waals surface area contributed by atoms with Crippen molar-refractivity contribution in [1.82, 2.24) is 15.5 Å².